The Balaban J connectivity index is 1.63. The molecule has 0 aromatic heterocycles. The number of hydrogen-bond donors (Lipinski definition) is 3. The second kappa shape index (κ2) is 11.6. The highest BCUT2D eigenvalue weighted by Gasteiger charge is 2.04. The molecule has 0 aliphatic heterocycles. The van der Waals surface area contributed by atoms with Crippen LogP contribution >= 0.6 is 0 Å². The predicted molar refractivity (Wildman–Crippen MR) is 114 cm³/mol. The first-order chi connectivity index (χ1) is 13.6. The monoisotopic (exact) mass is 382 g/mol. The number of nitrogens with zero attached hydrogens (tertiary/aromatic N) is 1. The summed E-state index contributed by atoms with van der Waals surface area (Å²) in [6.45, 7) is 4.15. The molecule has 0 aliphatic rings. The number of benzene rings is 2. The third-order valence-electron chi connectivity index (χ3n) is 4.37. The van der Waals surface area contributed by atoms with Gasteiger partial charge < -0.3 is 20.7 Å². The van der Waals surface area contributed by atoms with E-state index in [1.807, 2.05) is 37.3 Å². The van der Waals surface area contributed by atoms with Crippen molar-refractivity contribution in [3.63, 3.8) is 0 Å². The Labute approximate surface area is 167 Å². The summed E-state index contributed by atoms with van der Waals surface area (Å²) < 4.78 is 5.37. The molecule has 0 atom stereocenters. The van der Waals surface area contributed by atoms with Gasteiger partial charge in [-0.05, 0) is 49.1 Å². The molecule has 2 aromatic rings. The molecule has 2 aromatic carbocycles. The van der Waals surface area contributed by atoms with E-state index in [4.69, 9.17) is 4.74 Å². The maximum atomic E-state index is 12.0. The van der Waals surface area contributed by atoms with Crippen LogP contribution in [0, 0.1) is 6.92 Å². The van der Waals surface area contributed by atoms with Gasteiger partial charge in [-0.3, -0.25) is 9.79 Å². The van der Waals surface area contributed by atoms with Crippen LogP contribution in [0.5, 0.6) is 5.75 Å². The van der Waals surface area contributed by atoms with Crippen molar-refractivity contribution in [2.24, 2.45) is 4.99 Å². The van der Waals surface area contributed by atoms with Crippen LogP contribution in [0.2, 0.25) is 0 Å². The van der Waals surface area contributed by atoms with Gasteiger partial charge in [0, 0.05) is 32.2 Å². The quantitative estimate of drug-likeness (QED) is 0.354. The molecule has 0 unspecified atom stereocenters. The molecule has 28 heavy (non-hydrogen) atoms. The zero-order valence-corrected chi connectivity index (χ0v) is 16.9. The Hall–Kier alpha value is -3.02. The van der Waals surface area contributed by atoms with E-state index in [0.717, 1.165) is 43.2 Å². The number of rotatable bonds is 9. The van der Waals surface area contributed by atoms with Gasteiger partial charge in [0.05, 0.1) is 7.11 Å². The van der Waals surface area contributed by atoms with Gasteiger partial charge >= 0.3 is 0 Å². The van der Waals surface area contributed by atoms with Crippen LogP contribution in [0.4, 0.5) is 0 Å². The Morgan fingerprint density at radius 1 is 1.00 bits per heavy atom. The fourth-order valence-electron chi connectivity index (χ4n) is 2.75. The fraction of sp³-hybridized carbons (Fsp3) is 0.364. The molecule has 0 saturated heterocycles. The lowest BCUT2D eigenvalue weighted by molar-refractivity contribution is 0.0953. The number of hydrogen-bond acceptors (Lipinski definition) is 3. The van der Waals surface area contributed by atoms with Crippen molar-refractivity contribution in [2.45, 2.75) is 19.8 Å². The molecule has 0 spiro atoms. The van der Waals surface area contributed by atoms with Crippen molar-refractivity contribution < 1.29 is 9.53 Å². The van der Waals surface area contributed by atoms with E-state index >= 15 is 0 Å². The minimum Gasteiger partial charge on any atom is -0.496 e. The van der Waals surface area contributed by atoms with Crippen molar-refractivity contribution in [3.8, 4) is 5.75 Å². The summed E-state index contributed by atoms with van der Waals surface area (Å²) in [7, 11) is 3.44. The van der Waals surface area contributed by atoms with Crippen LogP contribution in [0.25, 0.3) is 0 Å². The largest absolute Gasteiger partial charge is 0.496 e. The Bertz CT molecular complexity index is 775. The highest BCUT2D eigenvalue weighted by atomic mass is 16.5. The molecule has 0 heterocycles. The Kier molecular flexibility index (Phi) is 8.85. The summed E-state index contributed by atoms with van der Waals surface area (Å²) in [6, 6.07) is 15.5. The summed E-state index contributed by atoms with van der Waals surface area (Å²) in [5, 5.41) is 9.49. The van der Waals surface area contributed by atoms with E-state index < -0.39 is 0 Å². The second-order valence-electron chi connectivity index (χ2n) is 6.46. The van der Waals surface area contributed by atoms with Crippen molar-refractivity contribution in [3.05, 3.63) is 65.2 Å². The lowest BCUT2D eigenvalue weighted by atomic mass is 10.1. The third-order valence-corrected chi connectivity index (χ3v) is 4.37. The van der Waals surface area contributed by atoms with Gasteiger partial charge in [-0.25, -0.2) is 0 Å². The molecule has 6 nitrogen and oxygen atoms in total. The number of carbonyl (C=O) groups excluding carboxylic acids is 1. The smallest absolute Gasteiger partial charge is 0.251 e. The van der Waals surface area contributed by atoms with E-state index in [9.17, 15) is 4.79 Å². The SMILES string of the molecule is CN=C(NCCCNC(=O)c1ccccc1)NCCc1ccc(C)c(OC)c1. The van der Waals surface area contributed by atoms with Crippen LogP contribution in [-0.2, 0) is 6.42 Å². The second-order valence-corrected chi connectivity index (χ2v) is 6.46. The van der Waals surface area contributed by atoms with E-state index in [-0.39, 0.29) is 5.91 Å². The number of methoxy groups -OCH3 is 1. The average Bonchev–Trinajstić information content (AvgIpc) is 2.73. The zero-order chi connectivity index (χ0) is 20.2. The normalized spacial score (nSPS) is 11.0. The van der Waals surface area contributed by atoms with Crippen molar-refractivity contribution in [1.82, 2.24) is 16.0 Å². The van der Waals surface area contributed by atoms with E-state index in [1.54, 1.807) is 14.2 Å². The highest BCUT2D eigenvalue weighted by molar-refractivity contribution is 5.94. The van der Waals surface area contributed by atoms with Crippen molar-refractivity contribution >= 4 is 11.9 Å². The Morgan fingerprint density at radius 2 is 1.71 bits per heavy atom. The molecule has 0 saturated carbocycles. The van der Waals surface area contributed by atoms with Gasteiger partial charge in [0.1, 0.15) is 5.75 Å². The molecule has 3 N–H and O–H groups in total. The number of aryl methyl sites for hydroxylation is 1. The van der Waals surface area contributed by atoms with Crippen LogP contribution < -0.4 is 20.7 Å². The molecule has 1 amide bonds. The van der Waals surface area contributed by atoms with Gasteiger partial charge in [-0.15, -0.1) is 0 Å². The maximum Gasteiger partial charge on any atom is 0.251 e. The van der Waals surface area contributed by atoms with Crippen LogP contribution in [0.3, 0.4) is 0 Å². The van der Waals surface area contributed by atoms with Gasteiger partial charge in [0.15, 0.2) is 5.96 Å². The lowest BCUT2D eigenvalue weighted by Crippen LogP contribution is -2.39. The van der Waals surface area contributed by atoms with Crippen LogP contribution in [0.1, 0.15) is 27.9 Å². The minimum absolute atomic E-state index is 0.0448. The van der Waals surface area contributed by atoms with E-state index in [1.165, 1.54) is 5.56 Å². The topological polar surface area (TPSA) is 74.8 Å². The number of amides is 1. The molecule has 6 heteroatoms. The average molecular weight is 383 g/mol. The van der Waals surface area contributed by atoms with Crippen molar-refractivity contribution in [1.29, 1.82) is 0 Å². The van der Waals surface area contributed by atoms with E-state index in [0.29, 0.717) is 12.1 Å². The first-order valence-electron chi connectivity index (χ1n) is 9.55. The zero-order valence-electron chi connectivity index (χ0n) is 16.9. The van der Waals surface area contributed by atoms with Gasteiger partial charge in [-0.2, -0.15) is 0 Å². The lowest BCUT2D eigenvalue weighted by Gasteiger charge is -2.13. The van der Waals surface area contributed by atoms with Crippen LogP contribution in [0.15, 0.2) is 53.5 Å². The molecule has 2 rings (SSSR count). The summed E-state index contributed by atoms with van der Waals surface area (Å²) in [6.07, 6.45) is 1.69. The Morgan fingerprint density at radius 3 is 2.43 bits per heavy atom. The molecule has 0 fully saturated rings. The summed E-state index contributed by atoms with van der Waals surface area (Å²) in [4.78, 5) is 16.2. The minimum atomic E-state index is -0.0448. The predicted octanol–water partition coefficient (Wildman–Crippen LogP) is 2.53. The standard InChI is InChI=1S/C22H30N4O2/c1-17-10-11-18(16-20(17)28-3)12-15-26-22(23-2)25-14-7-13-24-21(27)19-8-5-4-6-9-19/h4-6,8-11,16H,7,12-15H2,1-3H3,(H,24,27)(H2,23,25,26). The molecule has 150 valence electrons. The number of carbonyl (C=O) groups is 1. The van der Waals surface area contributed by atoms with Crippen molar-refractivity contribution in [2.75, 3.05) is 33.8 Å². The number of guanidine groups is 1. The van der Waals surface area contributed by atoms with Gasteiger partial charge in [0.25, 0.3) is 5.91 Å². The molecule has 0 radical (unpaired) electrons. The molecular formula is C22H30N4O2. The highest BCUT2D eigenvalue weighted by Crippen LogP contribution is 2.18. The maximum absolute atomic E-state index is 12.0. The molecular weight excluding hydrogens is 352 g/mol. The summed E-state index contributed by atoms with van der Waals surface area (Å²) in [5.74, 6) is 1.63. The number of aliphatic imine (C=N–C) groups is 1. The molecule has 0 bridgehead atoms. The van der Waals surface area contributed by atoms with Gasteiger partial charge in [0.2, 0.25) is 0 Å². The first kappa shape index (κ1) is 21.3. The first-order valence-corrected chi connectivity index (χ1v) is 9.55. The van der Waals surface area contributed by atoms with Crippen LogP contribution in [-0.4, -0.2) is 45.7 Å². The number of ether oxygens (including phenoxy) is 1. The summed E-state index contributed by atoms with van der Waals surface area (Å²) in [5.41, 5.74) is 3.03. The fourth-order valence-corrected chi connectivity index (χ4v) is 2.75. The van der Waals surface area contributed by atoms with Gasteiger partial charge in [-0.1, -0.05) is 30.3 Å². The number of nitrogens with one attached hydrogen (secondary N) is 3. The molecule has 0 aliphatic carbocycles. The van der Waals surface area contributed by atoms with E-state index in [2.05, 4.69) is 39.1 Å². The summed E-state index contributed by atoms with van der Waals surface area (Å²) >= 11 is 0. The third kappa shape index (κ3) is 6.95.